The molecule has 10 heavy (non-hydrogen) atoms. The highest BCUT2D eigenvalue weighted by Gasteiger charge is 1.96. The van der Waals surface area contributed by atoms with Crippen LogP contribution in [0.15, 0.2) is 0 Å². The van der Waals surface area contributed by atoms with Crippen molar-refractivity contribution in [3.05, 3.63) is 0 Å². The molecule has 2 nitrogen and oxygen atoms in total. The van der Waals surface area contributed by atoms with Gasteiger partial charge in [-0.1, -0.05) is 20.3 Å². The Labute approximate surface area is 63.5 Å². The second kappa shape index (κ2) is 7.03. The minimum atomic E-state index is 0.427. The minimum Gasteiger partial charge on any atom is -0.359 e. The average molecular weight is 146 g/mol. The van der Waals surface area contributed by atoms with Gasteiger partial charge in [-0.3, -0.25) is 0 Å². The number of hydrogen-bond acceptors (Lipinski definition) is 2. The van der Waals surface area contributed by atoms with Gasteiger partial charge < -0.3 is 9.47 Å². The molecule has 0 heterocycles. The van der Waals surface area contributed by atoms with Crippen LogP contribution >= 0.6 is 0 Å². The van der Waals surface area contributed by atoms with Gasteiger partial charge in [-0.2, -0.15) is 0 Å². The third-order valence-corrected chi connectivity index (χ3v) is 1.65. The molecular formula is C8H18O2. The molecule has 0 fully saturated rings. The summed E-state index contributed by atoms with van der Waals surface area (Å²) in [6.07, 6.45) is 2.37. The molecule has 0 aromatic rings. The van der Waals surface area contributed by atoms with Gasteiger partial charge in [0.05, 0.1) is 0 Å². The molecule has 0 aliphatic heterocycles. The third-order valence-electron chi connectivity index (χ3n) is 1.65. The number of methoxy groups -OCH3 is 1. The average Bonchev–Trinajstić information content (AvgIpc) is 1.98. The molecule has 0 N–H and O–H groups in total. The first-order valence-electron chi connectivity index (χ1n) is 3.88. The smallest absolute Gasteiger partial charge is 0.146 e. The summed E-state index contributed by atoms with van der Waals surface area (Å²) in [6.45, 7) is 5.68. The highest BCUT2D eigenvalue weighted by atomic mass is 16.7. The van der Waals surface area contributed by atoms with E-state index in [-0.39, 0.29) is 0 Å². The maximum absolute atomic E-state index is 5.13. The largest absolute Gasteiger partial charge is 0.359 e. The van der Waals surface area contributed by atoms with Crippen LogP contribution in [0.25, 0.3) is 0 Å². The number of hydrogen-bond donors (Lipinski definition) is 0. The van der Waals surface area contributed by atoms with E-state index in [2.05, 4.69) is 13.8 Å². The predicted octanol–water partition coefficient (Wildman–Crippen LogP) is 2.04. The van der Waals surface area contributed by atoms with Gasteiger partial charge in [-0.15, -0.1) is 0 Å². The van der Waals surface area contributed by atoms with E-state index in [0.717, 1.165) is 18.9 Å². The van der Waals surface area contributed by atoms with Crippen molar-refractivity contribution in [1.82, 2.24) is 0 Å². The Hall–Kier alpha value is -0.0800. The summed E-state index contributed by atoms with van der Waals surface area (Å²) in [7, 11) is 1.64. The van der Waals surface area contributed by atoms with Crippen molar-refractivity contribution in [2.45, 2.75) is 26.7 Å². The zero-order valence-corrected chi connectivity index (χ0v) is 7.22. The van der Waals surface area contributed by atoms with E-state index >= 15 is 0 Å². The second-order valence-electron chi connectivity index (χ2n) is 2.62. The minimum absolute atomic E-state index is 0.427. The highest BCUT2D eigenvalue weighted by molar-refractivity contribution is 4.47. The lowest BCUT2D eigenvalue weighted by Gasteiger charge is -2.07. The molecule has 0 amide bonds. The molecule has 0 unspecified atom stereocenters. The predicted molar refractivity (Wildman–Crippen MR) is 41.9 cm³/mol. The molecular weight excluding hydrogens is 128 g/mol. The van der Waals surface area contributed by atoms with Gasteiger partial charge in [-0.05, 0) is 12.3 Å². The fourth-order valence-corrected chi connectivity index (χ4v) is 0.631. The van der Waals surface area contributed by atoms with Crippen molar-refractivity contribution in [3.8, 4) is 0 Å². The topological polar surface area (TPSA) is 18.5 Å². The highest BCUT2D eigenvalue weighted by Crippen LogP contribution is 2.05. The Morgan fingerprint density at radius 1 is 1.40 bits per heavy atom. The monoisotopic (exact) mass is 146 g/mol. The van der Waals surface area contributed by atoms with Crippen LogP contribution in [0.2, 0.25) is 0 Å². The van der Waals surface area contributed by atoms with E-state index in [1.165, 1.54) is 6.42 Å². The van der Waals surface area contributed by atoms with Crippen molar-refractivity contribution in [2.24, 2.45) is 5.92 Å². The van der Waals surface area contributed by atoms with Crippen LogP contribution in [-0.2, 0) is 9.47 Å². The Morgan fingerprint density at radius 2 is 2.10 bits per heavy atom. The van der Waals surface area contributed by atoms with E-state index in [1.54, 1.807) is 7.11 Å². The number of rotatable bonds is 6. The van der Waals surface area contributed by atoms with E-state index in [9.17, 15) is 0 Å². The normalized spacial score (nSPS) is 13.5. The lowest BCUT2D eigenvalue weighted by atomic mass is 10.1. The fraction of sp³-hybridized carbons (Fsp3) is 1.00. The van der Waals surface area contributed by atoms with Gasteiger partial charge in [0.15, 0.2) is 0 Å². The Morgan fingerprint density at radius 3 is 2.60 bits per heavy atom. The summed E-state index contributed by atoms with van der Waals surface area (Å²) >= 11 is 0. The SMILES string of the molecule is CC[C@H](C)CCOCOC. The van der Waals surface area contributed by atoms with E-state index in [4.69, 9.17) is 9.47 Å². The van der Waals surface area contributed by atoms with E-state index in [1.807, 2.05) is 0 Å². The van der Waals surface area contributed by atoms with Gasteiger partial charge in [0.1, 0.15) is 6.79 Å². The van der Waals surface area contributed by atoms with Crippen molar-refractivity contribution < 1.29 is 9.47 Å². The van der Waals surface area contributed by atoms with Crippen molar-refractivity contribution in [3.63, 3.8) is 0 Å². The molecule has 0 spiro atoms. The molecule has 62 valence electrons. The van der Waals surface area contributed by atoms with Crippen LogP contribution in [0.4, 0.5) is 0 Å². The maximum atomic E-state index is 5.13. The van der Waals surface area contributed by atoms with Crippen molar-refractivity contribution in [1.29, 1.82) is 0 Å². The molecule has 0 saturated heterocycles. The Kier molecular flexibility index (Phi) is 6.98. The van der Waals surface area contributed by atoms with Crippen LogP contribution in [0.1, 0.15) is 26.7 Å². The van der Waals surface area contributed by atoms with Crippen LogP contribution in [0, 0.1) is 5.92 Å². The molecule has 0 aromatic heterocycles. The summed E-state index contributed by atoms with van der Waals surface area (Å²) < 4.78 is 9.87. The van der Waals surface area contributed by atoms with Gasteiger partial charge >= 0.3 is 0 Å². The van der Waals surface area contributed by atoms with Gasteiger partial charge in [0.2, 0.25) is 0 Å². The summed E-state index contributed by atoms with van der Waals surface area (Å²) in [5.74, 6) is 0.775. The molecule has 0 rings (SSSR count). The van der Waals surface area contributed by atoms with E-state index < -0.39 is 0 Å². The Bertz CT molecular complexity index is 64.3. The van der Waals surface area contributed by atoms with Gasteiger partial charge in [0.25, 0.3) is 0 Å². The fourth-order valence-electron chi connectivity index (χ4n) is 0.631. The molecule has 0 saturated carbocycles. The quantitative estimate of drug-likeness (QED) is 0.421. The maximum Gasteiger partial charge on any atom is 0.146 e. The Balaban J connectivity index is 2.89. The molecule has 0 bridgehead atoms. The lowest BCUT2D eigenvalue weighted by molar-refractivity contribution is -0.0340. The summed E-state index contributed by atoms with van der Waals surface area (Å²) in [6, 6.07) is 0. The first kappa shape index (κ1) is 9.92. The third kappa shape index (κ3) is 6.05. The summed E-state index contributed by atoms with van der Waals surface area (Å²) in [4.78, 5) is 0. The van der Waals surface area contributed by atoms with Crippen molar-refractivity contribution in [2.75, 3.05) is 20.5 Å². The van der Waals surface area contributed by atoms with Gasteiger partial charge in [-0.25, -0.2) is 0 Å². The summed E-state index contributed by atoms with van der Waals surface area (Å²) in [5, 5.41) is 0. The number of ether oxygens (including phenoxy) is 2. The molecule has 2 heteroatoms. The van der Waals surface area contributed by atoms with Crippen LogP contribution in [0.3, 0.4) is 0 Å². The summed E-state index contributed by atoms with van der Waals surface area (Å²) in [5.41, 5.74) is 0. The molecule has 0 radical (unpaired) electrons. The molecule has 0 aliphatic rings. The zero-order chi connectivity index (χ0) is 7.82. The van der Waals surface area contributed by atoms with E-state index in [0.29, 0.717) is 6.79 Å². The molecule has 1 atom stereocenters. The molecule has 0 aliphatic carbocycles. The second-order valence-corrected chi connectivity index (χ2v) is 2.62. The first-order valence-corrected chi connectivity index (χ1v) is 3.88. The van der Waals surface area contributed by atoms with Crippen LogP contribution < -0.4 is 0 Å². The zero-order valence-electron chi connectivity index (χ0n) is 7.22. The standard InChI is InChI=1S/C8H18O2/c1-4-8(2)5-6-10-7-9-3/h8H,4-7H2,1-3H3/t8-/m0/s1. The van der Waals surface area contributed by atoms with Gasteiger partial charge in [0, 0.05) is 13.7 Å². The van der Waals surface area contributed by atoms with Crippen molar-refractivity contribution >= 4 is 0 Å². The van der Waals surface area contributed by atoms with Crippen LogP contribution in [0.5, 0.6) is 0 Å². The first-order chi connectivity index (χ1) is 4.81. The molecule has 0 aromatic carbocycles. The van der Waals surface area contributed by atoms with Crippen LogP contribution in [-0.4, -0.2) is 20.5 Å². The lowest BCUT2D eigenvalue weighted by Crippen LogP contribution is -2.02.